The predicted octanol–water partition coefficient (Wildman–Crippen LogP) is 2.95. The number of phenols is 1. The molecule has 0 saturated carbocycles. The minimum absolute atomic E-state index is 0.0111. The quantitative estimate of drug-likeness (QED) is 0.509. The van der Waals surface area contributed by atoms with Crippen molar-refractivity contribution in [1.82, 2.24) is 5.43 Å². The molecule has 0 aliphatic heterocycles. The van der Waals surface area contributed by atoms with Crippen LogP contribution >= 0.6 is 15.9 Å². The normalized spacial score (nSPS) is 10.6. The molecule has 0 spiro atoms. The molecule has 2 N–H and O–H groups in total. The molecule has 0 unspecified atom stereocenters. The highest BCUT2D eigenvalue weighted by Crippen LogP contribution is 2.38. The highest BCUT2D eigenvalue weighted by Gasteiger charge is 2.16. The van der Waals surface area contributed by atoms with E-state index in [4.69, 9.17) is 18.9 Å². The number of ether oxygens (including phenoxy) is 4. The molecule has 0 fully saturated rings. The van der Waals surface area contributed by atoms with E-state index >= 15 is 0 Å². The fourth-order valence-electron chi connectivity index (χ4n) is 2.26. The van der Waals surface area contributed by atoms with Crippen LogP contribution in [0.3, 0.4) is 0 Å². The van der Waals surface area contributed by atoms with Crippen LogP contribution in [0.4, 0.5) is 0 Å². The zero-order chi connectivity index (χ0) is 20.0. The van der Waals surface area contributed by atoms with Gasteiger partial charge in [0.05, 0.1) is 34.7 Å². The molecule has 0 heterocycles. The van der Waals surface area contributed by atoms with E-state index in [0.717, 1.165) is 0 Å². The molecule has 2 rings (SSSR count). The van der Waals surface area contributed by atoms with Gasteiger partial charge in [-0.1, -0.05) is 0 Å². The number of hydrogen-bond donors (Lipinski definition) is 2. The third-order valence-corrected chi connectivity index (χ3v) is 4.28. The second-order valence-corrected chi connectivity index (χ2v) is 6.01. The van der Waals surface area contributed by atoms with Crippen LogP contribution in [0.5, 0.6) is 28.7 Å². The molecular weight excluding hydrogens is 420 g/mol. The van der Waals surface area contributed by atoms with Crippen LogP contribution in [-0.2, 0) is 0 Å². The Bertz CT molecular complexity index is 844. The number of amides is 1. The van der Waals surface area contributed by atoms with Gasteiger partial charge in [0.15, 0.2) is 23.0 Å². The molecule has 2 aromatic carbocycles. The molecule has 0 radical (unpaired) electrons. The van der Waals surface area contributed by atoms with Crippen molar-refractivity contribution in [3.05, 3.63) is 39.9 Å². The van der Waals surface area contributed by atoms with Gasteiger partial charge in [-0.15, -0.1) is 0 Å². The van der Waals surface area contributed by atoms with Crippen molar-refractivity contribution >= 4 is 28.1 Å². The minimum atomic E-state index is -0.465. The predicted molar refractivity (Wildman–Crippen MR) is 104 cm³/mol. The van der Waals surface area contributed by atoms with E-state index in [-0.39, 0.29) is 17.1 Å². The van der Waals surface area contributed by atoms with Crippen LogP contribution < -0.4 is 24.4 Å². The number of hydrogen-bond acceptors (Lipinski definition) is 7. The first-order valence-corrected chi connectivity index (χ1v) is 8.44. The number of nitrogens with zero attached hydrogens (tertiary/aromatic N) is 1. The number of methoxy groups -OCH3 is 4. The van der Waals surface area contributed by atoms with Crippen LogP contribution in [0, 0.1) is 0 Å². The van der Waals surface area contributed by atoms with Crippen molar-refractivity contribution in [3.8, 4) is 28.7 Å². The number of rotatable bonds is 7. The fourth-order valence-corrected chi connectivity index (χ4v) is 2.69. The summed E-state index contributed by atoms with van der Waals surface area (Å²) in [7, 11) is 5.85. The summed E-state index contributed by atoms with van der Waals surface area (Å²) in [6, 6.07) is 6.09. The maximum absolute atomic E-state index is 12.4. The molecule has 2 aromatic rings. The molecule has 0 bridgehead atoms. The molecule has 8 nitrogen and oxygen atoms in total. The number of carbonyl (C=O) groups is 1. The maximum Gasteiger partial charge on any atom is 0.271 e. The first-order valence-electron chi connectivity index (χ1n) is 7.65. The smallest absolute Gasteiger partial charge is 0.271 e. The van der Waals surface area contributed by atoms with Gasteiger partial charge in [0.2, 0.25) is 5.75 Å². The summed E-state index contributed by atoms with van der Waals surface area (Å²) in [6.45, 7) is 0. The number of hydrazone groups is 1. The van der Waals surface area contributed by atoms with E-state index < -0.39 is 5.91 Å². The number of aromatic hydroxyl groups is 1. The third-order valence-electron chi connectivity index (χ3n) is 3.59. The Balaban J connectivity index is 2.22. The van der Waals surface area contributed by atoms with Gasteiger partial charge >= 0.3 is 0 Å². The Kier molecular flexibility index (Phi) is 6.89. The van der Waals surface area contributed by atoms with Crippen molar-refractivity contribution in [3.63, 3.8) is 0 Å². The summed E-state index contributed by atoms with van der Waals surface area (Å²) < 4.78 is 21.3. The third kappa shape index (κ3) is 4.62. The van der Waals surface area contributed by atoms with Gasteiger partial charge in [-0.3, -0.25) is 4.79 Å². The Morgan fingerprint density at radius 1 is 1.00 bits per heavy atom. The molecular formula is C18H19BrN2O6. The Labute approximate surface area is 164 Å². The summed E-state index contributed by atoms with van der Waals surface area (Å²) in [5, 5.41) is 13.6. The van der Waals surface area contributed by atoms with Crippen molar-refractivity contribution in [2.45, 2.75) is 0 Å². The maximum atomic E-state index is 12.4. The van der Waals surface area contributed by atoms with Gasteiger partial charge in [0, 0.05) is 15.6 Å². The summed E-state index contributed by atoms with van der Waals surface area (Å²) >= 11 is 3.31. The van der Waals surface area contributed by atoms with E-state index in [9.17, 15) is 9.90 Å². The summed E-state index contributed by atoms with van der Waals surface area (Å²) in [5.74, 6) is 0.917. The van der Waals surface area contributed by atoms with Gasteiger partial charge in [-0.25, -0.2) is 5.43 Å². The second kappa shape index (κ2) is 9.13. The van der Waals surface area contributed by atoms with E-state index in [1.54, 1.807) is 6.07 Å². The van der Waals surface area contributed by atoms with Crippen LogP contribution in [0.15, 0.2) is 33.8 Å². The topological polar surface area (TPSA) is 98.6 Å². The monoisotopic (exact) mass is 438 g/mol. The molecule has 9 heteroatoms. The molecule has 0 aliphatic rings. The fraction of sp³-hybridized carbons (Fsp3) is 0.222. The van der Waals surface area contributed by atoms with Gasteiger partial charge in [-0.2, -0.15) is 5.10 Å². The SMILES string of the molecule is COc1cc(C=NNC(=O)c2cc(OC)c(OC)c(OC)c2)c(Br)cc1O. The number of benzene rings is 2. The van der Waals surface area contributed by atoms with Crippen molar-refractivity contribution in [2.24, 2.45) is 5.10 Å². The van der Waals surface area contributed by atoms with Crippen molar-refractivity contribution < 1.29 is 28.8 Å². The molecule has 0 aliphatic carbocycles. The van der Waals surface area contributed by atoms with E-state index in [1.165, 1.54) is 52.9 Å². The van der Waals surface area contributed by atoms with Gasteiger partial charge in [-0.05, 0) is 40.2 Å². The minimum Gasteiger partial charge on any atom is -0.504 e. The number of phenolic OH excluding ortho intramolecular Hbond substituents is 1. The molecule has 0 atom stereocenters. The zero-order valence-electron chi connectivity index (χ0n) is 15.2. The second-order valence-electron chi connectivity index (χ2n) is 5.16. The Morgan fingerprint density at radius 3 is 2.11 bits per heavy atom. The molecule has 0 saturated heterocycles. The molecule has 27 heavy (non-hydrogen) atoms. The van der Waals surface area contributed by atoms with Crippen LogP contribution in [0.1, 0.15) is 15.9 Å². The average molecular weight is 439 g/mol. The highest BCUT2D eigenvalue weighted by molar-refractivity contribution is 9.10. The van der Waals surface area contributed by atoms with Crippen molar-refractivity contribution in [2.75, 3.05) is 28.4 Å². The first kappa shape index (κ1) is 20.4. The van der Waals surface area contributed by atoms with Crippen LogP contribution in [0.25, 0.3) is 0 Å². The van der Waals surface area contributed by atoms with E-state index in [2.05, 4.69) is 26.5 Å². The lowest BCUT2D eigenvalue weighted by atomic mass is 10.1. The van der Waals surface area contributed by atoms with E-state index in [1.807, 2.05) is 0 Å². The molecule has 144 valence electrons. The number of carbonyl (C=O) groups excluding carboxylic acids is 1. The number of halogens is 1. The Hall–Kier alpha value is -2.94. The van der Waals surface area contributed by atoms with Gasteiger partial charge in [0.1, 0.15) is 0 Å². The lowest BCUT2D eigenvalue weighted by Crippen LogP contribution is -2.18. The summed E-state index contributed by atoms with van der Waals surface area (Å²) in [4.78, 5) is 12.4. The lowest BCUT2D eigenvalue weighted by Gasteiger charge is -2.13. The van der Waals surface area contributed by atoms with Crippen LogP contribution in [-0.4, -0.2) is 45.7 Å². The van der Waals surface area contributed by atoms with Crippen LogP contribution in [0.2, 0.25) is 0 Å². The standard InChI is InChI=1S/C18H19BrN2O6/c1-24-14-7-11(12(19)8-13(14)22)9-20-21-18(23)10-5-15(25-2)17(27-4)16(6-10)26-3/h5-9,22H,1-4H3,(H,21,23). The lowest BCUT2D eigenvalue weighted by molar-refractivity contribution is 0.0954. The van der Waals surface area contributed by atoms with Crippen molar-refractivity contribution in [1.29, 1.82) is 0 Å². The Morgan fingerprint density at radius 2 is 1.59 bits per heavy atom. The average Bonchev–Trinajstić information content (AvgIpc) is 2.68. The first-order chi connectivity index (χ1) is 12.9. The zero-order valence-corrected chi connectivity index (χ0v) is 16.8. The van der Waals surface area contributed by atoms with Gasteiger partial charge < -0.3 is 24.1 Å². The van der Waals surface area contributed by atoms with Gasteiger partial charge in [0.25, 0.3) is 5.91 Å². The van der Waals surface area contributed by atoms with E-state index in [0.29, 0.717) is 27.3 Å². The largest absolute Gasteiger partial charge is 0.504 e. The summed E-state index contributed by atoms with van der Waals surface area (Å²) in [5.41, 5.74) is 3.31. The highest BCUT2D eigenvalue weighted by atomic mass is 79.9. The summed E-state index contributed by atoms with van der Waals surface area (Å²) in [6.07, 6.45) is 1.42. The molecule has 1 amide bonds. The number of nitrogens with one attached hydrogen (secondary N) is 1. The molecule has 0 aromatic heterocycles.